The van der Waals surface area contributed by atoms with Gasteiger partial charge in [0, 0.05) is 5.56 Å². The van der Waals surface area contributed by atoms with E-state index in [1.807, 2.05) is 0 Å². The summed E-state index contributed by atoms with van der Waals surface area (Å²) >= 11 is 1.35. The van der Waals surface area contributed by atoms with Gasteiger partial charge in [-0.15, -0.1) is 0 Å². The van der Waals surface area contributed by atoms with E-state index in [2.05, 4.69) is 6.58 Å². The van der Waals surface area contributed by atoms with Gasteiger partial charge in [-0.2, -0.15) is 19.8 Å². The Morgan fingerprint density at radius 3 is 2.64 bits per heavy atom. The van der Waals surface area contributed by atoms with Crippen molar-refractivity contribution in [3.8, 4) is 0 Å². The Kier molecular flexibility index (Phi) is 2.12. The van der Waals surface area contributed by atoms with Gasteiger partial charge in [0.05, 0.1) is 4.91 Å². The van der Waals surface area contributed by atoms with Crippen molar-refractivity contribution in [2.24, 2.45) is 0 Å². The second-order valence-corrected chi connectivity index (χ2v) is 4.13. The number of thiophene rings is 1. The summed E-state index contributed by atoms with van der Waals surface area (Å²) in [6, 6.07) is 1.58. The van der Waals surface area contributed by atoms with Crippen LogP contribution in [0.1, 0.15) is 5.56 Å². The molecule has 0 amide bonds. The van der Waals surface area contributed by atoms with Crippen molar-refractivity contribution in [1.29, 1.82) is 0 Å². The Labute approximate surface area is 68.7 Å². The lowest BCUT2D eigenvalue weighted by Gasteiger charge is -1.95. The van der Waals surface area contributed by atoms with Crippen molar-refractivity contribution in [3.63, 3.8) is 0 Å². The molecule has 5 heteroatoms. The summed E-state index contributed by atoms with van der Waals surface area (Å²) in [4.78, 5) is -0.251. The monoisotopic (exact) mass is 190 g/mol. The summed E-state index contributed by atoms with van der Waals surface area (Å²) in [6.45, 7) is 3.24. The lowest BCUT2D eigenvalue weighted by molar-refractivity contribution is 0.496. The third-order valence-corrected chi connectivity index (χ3v) is 2.70. The molecule has 0 saturated carbocycles. The molecule has 60 valence electrons. The second kappa shape index (κ2) is 2.77. The molecule has 1 aromatic rings. The first kappa shape index (κ1) is 8.45. The highest BCUT2D eigenvalue weighted by atomic mass is 32.2. The Morgan fingerprint density at radius 1 is 1.64 bits per heavy atom. The molecule has 0 saturated heterocycles. The van der Waals surface area contributed by atoms with Crippen LogP contribution in [0, 0.1) is 0 Å². The quantitative estimate of drug-likeness (QED) is 0.721. The van der Waals surface area contributed by atoms with Gasteiger partial charge in [0.1, 0.15) is 0 Å². The Balaban J connectivity index is 3.07. The fourth-order valence-electron chi connectivity index (χ4n) is 0.572. The summed E-state index contributed by atoms with van der Waals surface area (Å²) in [5.41, 5.74) is 0.442. The van der Waals surface area contributed by atoms with Crippen LogP contribution < -0.4 is 0 Å². The zero-order valence-corrected chi connectivity index (χ0v) is 7.15. The fourth-order valence-corrected chi connectivity index (χ4v) is 1.74. The van der Waals surface area contributed by atoms with Crippen molar-refractivity contribution < 1.29 is 13.0 Å². The van der Waals surface area contributed by atoms with E-state index in [9.17, 15) is 8.42 Å². The van der Waals surface area contributed by atoms with Gasteiger partial charge in [-0.25, -0.2) is 0 Å². The highest BCUT2D eigenvalue weighted by Gasteiger charge is 2.12. The minimum absolute atomic E-state index is 0.251. The number of hydrogen-bond acceptors (Lipinski definition) is 3. The third-order valence-electron chi connectivity index (χ3n) is 1.15. The van der Waals surface area contributed by atoms with E-state index in [1.54, 1.807) is 16.8 Å². The van der Waals surface area contributed by atoms with Crippen LogP contribution in [0.25, 0.3) is 4.91 Å². The molecule has 0 atom stereocenters. The summed E-state index contributed by atoms with van der Waals surface area (Å²) in [5.74, 6) is 0. The molecule has 1 heterocycles. The van der Waals surface area contributed by atoms with Gasteiger partial charge in [0.2, 0.25) is 0 Å². The molecule has 11 heavy (non-hydrogen) atoms. The van der Waals surface area contributed by atoms with Crippen LogP contribution in [-0.4, -0.2) is 13.0 Å². The lowest BCUT2D eigenvalue weighted by Crippen LogP contribution is -1.97. The first-order chi connectivity index (χ1) is 5.02. The van der Waals surface area contributed by atoms with Gasteiger partial charge in [-0.3, -0.25) is 4.55 Å². The van der Waals surface area contributed by atoms with Gasteiger partial charge in [0.25, 0.3) is 10.1 Å². The molecule has 0 unspecified atom stereocenters. The largest absolute Gasteiger partial charge is 0.294 e. The molecule has 0 aliphatic carbocycles. The molecule has 0 aromatic carbocycles. The first-order valence-electron chi connectivity index (χ1n) is 2.71. The zero-order valence-electron chi connectivity index (χ0n) is 5.52. The molecular formula is C6H6O3S2. The predicted molar refractivity (Wildman–Crippen MR) is 44.9 cm³/mol. The topological polar surface area (TPSA) is 54.4 Å². The van der Waals surface area contributed by atoms with E-state index < -0.39 is 10.1 Å². The van der Waals surface area contributed by atoms with E-state index in [1.165, 1.54) is 11.3 Å². The molecule has 0 spiro atoms. The normalized spacial score (nSPS) is 11.4. The van der Waals surface area contributed by atoms with Gasteiger partial charge in [-0.1, -0.05) is 6.58 Å². The molecular weight excluding hydrogens is 184 g/mol. The van der Waals surface area contributed by atoms with Crippen LogP contribution in [0.4, 0.5) is 0 Å². The molecule has 0 aliphatic rings. The fraction of sp³-hybridized carbons (Fsp3) is 0. The molecule has 0 aliphatic heterocycles. The van der Waals surface area contributed by atoms with Crippen LogP contribution >= 0.6 is 11.3 Å². The van der Waals surface area contributed by atoms with Crippen LogP contribution in [-0.2, 0) is 10.1 Å². The van der Waals surface area contributed by atoms with E-state index in [0.717, 1.165) is 0 Å². The van der Waals surface area contributed by atoms with E-state index in [-0.39, 0.29) is 4.91 Å². The van der Waals surface area contributed by atoms with Crippen LogP contribution in [0.5, 0.6) is 0 Å². The molecule has 1 rings (SSSR count). The van der Waals surface area contributed by atoms with Gasteiger partial charge in [0.15, 0.2) is 0 Å². The summed E-state index contributed by atoms with van der Waals surface area (Å²) in [6.07, 6.45) is 0. The van der Waals surface area contributed by atoms with Gasteiger partial charge >= 0.3 is 0 Å². The number of hydrogen-bond donors (Lipinski definition) is 1. The smallest absolute Gasteiger partial charge is 0.282 e. The van der Waals surface area contributed by atoms with E-state index in [0.29, 0.717) is 5.56 Å². The maximum atomic E-state index is 10.5. The summed E-state index contributed by atoms with van der Waals surface area (Å²) in [7, 11) is -4.11. The minimum atomic E-state index is -4.11. The van der Waals surface area contributed by atoms with Gasteiger partial charge < -0.3 is 0 Å². The predicted octanol–water partition coefficient (Wildman–Crippen LogP) is 1.61. The lowest BCUT2D eigenvalue weighted by atomic mass is 10.3. The molecule has 0 fully saturated rings. The minimum Gasteiger partial charge on any atom is -0.282 e. The number of rotatable bonds is 2. The highest BCUT2D eigenvalue weighted by Crippen LogP contribution is 2.19. The molecule has 1 N–H and O–H groups in total. The summed E-state index contributed by atoms with van der Waals surface area (Å²) < 4.78 is 29.5. The standard InChI is InChI=1S/C6H6O3S2/c1-5(11(7,8)9)6-2-3-10-4-6/h2-4H,1H2,(H,7,8,9). The Hall–Kier alpha value is -0.650. The SMILES string of the molecule is C=C(c1ccsc1)S(=O)(=O)O. The average molecular weight is 190 g/mol. The Morgan fingerprint density at radius 2 is 2.27 bits per heavy atom. The van der Waals surface area contributed by atoms with Gasteiger partial charge in [-0.05, 0) is 16.8 Å². The maximum Gasteiger partial charge on any atom is 0.294 e. The molecule has 0 radical (unpaired) electrons. The van der Waals surface area contributed by atoms with Crippen molar-refractivity contribution in [3.05, 3.63) is 29.0 Å². The average Bonchev–Trinajstić information content (AvgIpc) is 2.34. The summed E-state index contributed by atoms with van der Waals surface area (Å²) in [5, 5.41) is 3.32. The molecule has 0 bridgehead atoms. The third kappa shape index (κ3) is 1.89. The first-order valence-corrected chi connectivity index (χ1v) is 5.09. The van der Waals surface area contributed by atoms with Crippen molar-refractivity contribution >= 4 is 26.4 Å². The van der Waals surface area contributed by atoms with Crippen molar-refractivity contribution in [1.82, 2.24) is 0 Å². The molecule has 1 aromatic heterocycles. The van der Waals surface area contributed by atoms with Crippen LogP contribution in [0.3, 0.4) is 0 Å². The van der Waals surface area contributed by atoms with Crippen LogP contribution in [0.2, 0.25) is 0 Å². The zero-order chi connectivity index (χ0) is 8.48. The maximum absolute atomic E-state index is 10.5. The van der Waals surface area contributed by atoms with Crippen molar-refractivity contribution in [2.45, 2.75) is 0 Å². The van der Waals surface area contributed by atoms with Crippen molar-refractivity contribution in [2.75, 3.05) is 0 Å². The second-order valence-electron chi connectivity index (χ2n) is 1.91. The molecule has 3 nitrogen and oxygen atoms in total. The van der Waals surface area contributed by atoms with E-state index in [4.69, 9.17) is 4.55 Å². The Bertz CT molecular complexity index is 347. The van der Waals surface area contributed by atoms with Crippen LogP contribution in [0.15, 0.2) is 23.4 Å². The highest BCUT2D eigenvalue weighted by molar-refractivity contribution is 7.95. The van der Waals surface area contributed by atoms with E-state index >= 15 is 0 Å².